The van der Waals surface area contributed by atoms with E-state index < -0.39 is 7.25 Å². The normalized spacial score (nSPS) is 10.4. The molecule has 0 unspecified atom stereocenters. The number of para-hydroxylation sites is 2. The monoisotopic (exact) mass is 272 g/mol. The minimum atomic E-state index is -6.00. The number of benzene rings is 2. The molecule has 0 radical (unpaired) electrons. The lowest BCUT2D eigenvalue weighted by molar-refractivity contribution is 0.175. The first-order chi connectivity index (χ1) is 8.88. The second-order valence-corrected chi connectivity index (χ2v) is 3.63. The molecular formula is C13H13BF4O. The molecule has 0 spiro atoms. The van der Waals surface area contributed by atoms with Gasteiger partial charge in [0.25, 0.3) is 11.5 Å². The van der Waals surface area contributed by atoms with E-state index in [1.165, 1.54) is 0 Å². The molecule has 0 saturated carbocycles. The fourth-order valence-corrected chi connectivity index (χ4v) is 1.39. The molecule has 0 atom stereocenters. The minimum Gasteiger partial charge on any atom is -0.537 e. The maximum absolute atomic E-state index is 9.75. The van der Waals surface area contributed by atoms with Gasteiger partial charge in [-0.05, 0) is 0 Å². The van der Waals surface area contributed by atoms with Crippen LogP contribution in [0.25, 0.3) is 0 Å². The standard InChI is InChI=1S/C13H13O.BF4/c1-14(12-8-4-2-5-9-12)13-10-6-3-7-11-13;2-1(3,4)5/h2-11H,1H3;/q+1;-1. The van der Waals surface area contributed by atoms with Gasteiger partial charge in [0.1, 0.15) is 0 Å². The molecule has 102 valence electrons. The van der Waals surface area contributed by atoms with Crippen LogP contribution in [0.2, 0.25) is 0 Å². The van der Waals surface area contributed by atoms with Gasteiger partial charge in [-0.15, -0.1) is 0 Å². The Hall–Kier alpha value is -1.98. The highest BCUT2D eigenvalue weighted by Gasteiger charge is 2.20. The highest BCUT2D eigenvalue weighted by Crippen LogP contribution is 2.26. The SMILES string of the molecule is C[O+](c1ccccc1)c1ccccc1.F[B-](F)(F)F. The Balaban J connectivity index is 0.000000312. The van der Waals surface area contributed by atoms with Crippen LogP contribution in [0.5, 0.6) is 11.5 Å². The van der Waals surface area contributed by atoms with E-state index in [-0.39, 0.29) is 0 Å². The summed E-state index contributed by atoms with van der Waals surface area (Å²) in [6.07, 6.45) is 0. The molecule has 19 heavy (non-hydrogen) atoms. The molecule has 0 bridgehead atoms. The molecule has 0 saturated heterocycles. The highest BCUT2D eigenvalue weighted by molar-refractivity contribution is 6.50. The van der Waals surface area contributed by atoms with Crippen LogP contribution in [0.15, 0.2) is 60.7 Å². The van der Waals surface area contributed by atoms with Crippen LogP contribution in [-0.4, -0.2) is 14.4 Å². The number of hydrogen-bond acceptors (Lipinski definition) is 0. The minimum absolute atomic E-state index is 1.12. The molecule has 0 aliphatic carbocycles. The van der Waals surface area contributed by atoms with Crippen molar-refractivity contribution in [2.45, 2.75) is 0 Å². The van der Waals surface area contributed by atoms with Crippen molar-refractivity contribution in [3.05, 3.63) is 60.7 Å². The van der Waals surface area contributed by atoms with Crippen molar-refractivity contribution in [3.8, 4) is 11.5 Å². The lowest BCUT2D eigenvalue weighted by Crippen LogP contribution is -2.05. The van der Waals surface area contributed by atoms with Crippen LogP contribution in [0, 0.1) is 0 Å². The van der Waals surface area contributed by atoms with Gasteiger partial charge in [0.2, 0.25) is 0 Å². The van der Waals surface area contributed by atoms with E-state index in [1.54, 1.807) is 0 Å². The molecule has 0 amide bonds. The average molecular weight is 272 g/mol. The van der Waals surface area contributed by atoms with Gasteiger partial charge in [-0.1, -0.05) is 36.4 Å². The maximum Gasteiger partial charge on any atom is 0.673 e. The van der Waals surface area contributed by atoms with Gasteiger partial charge in [0.05, 0.1) is 0 Å². The molecule has 2 aromatic rings. The van der Waals surface area contributed by atoms with Crippen LogP contribution in [-0.2, 0) is 0 Å². The van der Waals surface area contributed by atoms with E-state index in [0.29, 0.717) is 0 Å². The molecule has 0 heterocycles. The molecule has 1 nitrogen and oxygen atoms in total. The van der Waals surface area contributed by atoms with Gasteiger partial charge < -0.3 is 21.6 Å². The van der Waals surface area contributed by atoms with E-state index in [2.05, 4.69) is 28.6 Å². The number of halogens is 4. The summed E-state index contributed by atoms with van der Waals surface area (Å²) in [5, 5.41) is 0. The van der Waals surface area contributed by atoms with Crippen LogP contribution in [0.1, 0.15) is 0 Å². The summed E-state index contributed by atoms with van der Waals surface area (Å²) < 4.78 is 42.0. The number of rotatable bonds is 2. The lowest BCUT2D eigenvalue weighted by Gasteiger charge is -2.17. The van der Waals surface area contributed by atoms with E-state index in [1.807, 2.05) is 43.5 Å². The van der Waals surface area contributed by atoms with Gasteiger partial charge in [-0.2, -0.15) is 0 Å². The van der Waals surface area contributed by atoms with Crippen molar-refractivity contribution in [2.24, 2.45) is 0 Å². The van der Waals surface area contributed by atoms with Gasteiger partial charge in [-0.25, -0.2) is 0 Å². The molecule has 0 aromatic heterocycles. The van der Waals surface area contributed by atoms with Crippen molar-refractivity contribution < 1.29 is 21.6 Å². The molecule has 2 rings (SSSR count). The van der Waals surface area contributed by atoms with Crippen molar-refractivity contribution in [3.63, 3.8) is 0 Å². The van der Waals surface area contributed by atoms with Crippen molar-refractivity contribution in [1.29, 1.82) is 0 Å². The van der Waals surface area contributed by atoms with E-state index >= 15 is 0 Å². The summed E-state index contributed by atoms with van der Waals surface area (Å²) in [5.41, 5.74) is 0. The molecule has 2 aromatic carbocycles. The second kappa shape index (κ2) is 6.82. The Morgan fingerprint density at radius 3 is 1.21 bits per heavy atom. The van der Waals surface area contributed by atoms with Gasteiger partial charge in [0, 0.05) is 24.3 Å². The van der Waals surface area contributed by atoms with Crippen molar-refractivity contribution in [1.82, 2.24) is 0 Å². The Morgan fingerprint density at radius 2 is 0.947 bits per heavy atom. The summed E-state index contributed by atoms with van der Waals surface area (Å²) in [4.78, 5) is 0. The van der Waals surface area contributed by atoms with Crippen molar-refractivity contribution in [2.75, 3.05) is 7.11 Å². The van der Waals surface area contributed by atoms with Gasteiger partial charge >= 0.3 is 7.25 Å². The quantitative estimate of drug-likeness (QED) is 0.413. The Morgan fingerprint density at radius 1 is 0.684 bits per heavy atom. The van der Waals surface area contributed by atoms with E-state index in [4.69, 9.17) is 0 Å². The van der Waals surface area contributed by atoms with Gasteiger partial charge in [-0.3, -0.25) is 0 Å². The molecule has 0 fully saturated rings. The first-order valence-corrected chi connectivity index (χ1v) is 5.51. The molecule has 0 N–H and O–H groups in total. The molecule has 6 heteroatoms. The van der Waals surface area contributed by atoms with Crippen LogP contribution < -0.4 is 4.37 Å². The topological polar surface area (TPSA) is 2.70 Å². The largest absolute Gasteiger partial charge is 0.673 e. The summed E-state index contributed by atoms with van der Waals surface area (Å²) >= 11 is 0. The van der Waals surface area contributed by atoms with Crippen LogP contribution >= 0.6 is 0 Å². The van der Waals surface area contributed by atoms with E-state index in [9.17, 15) is 17.3 Å². The third kappa shape index (κ3) is 6.50. The zero-order chi connectivity index (χ0) is 14.3. The Kier molecular flexibility index (Phi) is 5.42. The fourth-order valence-electron chi connectivity index (χ4n) is 1.39. The summed E-state index contributed by atoms with van der Waals surface area (Å²) in [6, 6.07) is 20.4. The first kappa shape index (κ1) is 15.1. The summed E-state index contributed by atoms with van der Waals surface area (Å²) in [7, 11) is -4.01. The molecule has 0 aliphatic heterocycles. The Labute approximate surface area is 109 Å². The predicted molar refractivity (Wildman–Crippen MR) is 69.1 cm³/mol. The third-order valence-electron chi connectivity index (χ3n) is 2.19. The zero-order valence-corrected chi connectivity index (χ0v) is 10.3. The van der Waals surface area contributed by atoms with Crippen LogP contribution in [0.3, 0.4) is 0 Å². The average Bonchev–Trinajstić information content (AvgIpc) is 2.38. The Bertz CT molecular complexity index is 428. The third-order valence-corrected chi connectivity index (χ3v) is 2.19. The highest BCUT2D eigenvalue weighted by atomic mass is 19.5. The molecule has 0 aliphatic rings. The summed E-state index contributed by atoms with van der Waals surface area (Å²) in [6.45, 7) is 0. The zero-order valence-electron chi connectivity index (χ0n) is 10.3. The van der Waals surface area contributed by atoms with E-state index in [0.717, 1.165) is 11.5 Å². The maximum atomic E-state index is 9.75. The van der Waals surface area contributed by atoms with Crippen LogP contribution in [0.4, 0.5) is 17.3 Å². The fraction of sp³-hybridized carbons (Fsp3) is 0.0769. The molecular weight excluding hydrogens is 259 g/mol. The smallest absolute Gasteiger partial charge is 0.537 e. The predicted octanol–water partition coefficient (Wildman–Crippen LogP) is 4.94. The van der Waals surface area contributed by atoms with Crippen molar-refractivity contribution >= 4 is 7.25 Å². The second-order valence-electron chi connectivity index (χ2n) is 3.63. The van der Waals surface area contributed by atoms with Gasteiger partial charge in [0.15, 0.2) is 7.11 Å². The lowest BCUT2D eigenvalue weighted by atomic mass is 10.3. The first-order valence-electron chi connectivity index (χ1n) is 5.51. The summed E-state index contributed by atoms with van der Waals surface area (Å²) in [5.74, 6) is 2.25. The number of hydrogen-bond donors (Lipinski definition) is 0.